The molecule has 2 aliphatic carbocycles. The Morgan fingerprint density at radius 2 is 1.68 bits per heavy atom. The minimum absolute atomic E-state index is 0.352. The lowest BCUT2D eigenvalue weighted by molar-refractivity contribution is -0.132. The Hall–Kier alpha value is -1.85. The normalized spacial score (nSPS) is 21.9. The number of piperazine rings is 1. The van der Waals surface area contributed by atoms with Crippen LogP contribution in [0.3, 0.4) is 0 Å². The van der Waals surface area contributed by atoms with Crippen LogP contribution in [0.25, 0.3) is 0 Å². The zero-order chi connectivity index (χ0) is 19.3. The second-order valence-corrected chi connectivity index (χ2v) is 8.89. The van der Waals surface area contributed by atoms with Crippen LogP contribution < -0.4 is 10.2 Å². The lowest BCUT2D eigenvalue weighted by Gasteiger charge is -2.36. The molecule has 1 aliphatic heterocycles. The van der Waals surface area contributed by atoms with Crippen molar-refractivity contribution in [3.8, 4) is 0 Å². The molecule has 1 aromatic rings. The number of nitrogens with zero attached hydrogens (tertiary/aromatic N) is 4. The number of aromatic nitrogens is 2. The molecule has 4 rings (SSSR count). The van der Waals surface area contributed by atoms with Crippen molar-refractivity contribution in [3.05, 3.63) is 11.8 Å². The van der Waals surface area contributed by atoms with Crippen LogP contribution in [0.2, 0.25) is 0 Å². The van der Waals surface area contributed by atoms with E-state index in [1.165, 1.54) is 57.8 Å². The van der Waals surface area contributed by atoms with Gasteiger partial charge in [0, 0.05) is 50.4 Å². The maximum absolute atomic E-state index is 12.6. The Kier molecular flexibility index (Phi) is 6.33. The average molecular weight is 386 g/mol. The van der Waals surface area contributed by atoms with Crippen molar-refractivity contribution >= 4 is 17.7 Å². The summed E-state index contributed by atoms with van der Waals surface area (Å²) in [5.41, 5.74) is 1.00. The topological polar surface area (TPSA) is 61.4 Å². The van der Waals surface area contributed by atoms with E-state index in [1.807, 2.05) is 6.92 Å². The van der Waals surface area contributed by atoms with E-state index in [0.29, 0.717) is 17.9 Å². The molecule has 1 aromatic heterocycles. The van der Waals surface area contributed by atoms with Crippen LogP contribution >= 0.6 is 0 Å². The number of anilines is 2. The monoisotopic (exact) mass is 385 g/mol. The van der Waals surface area contributed by atoms with Crippen LogP contribution in [0, 0.1) is 12.8 Å². The third-order valence-corrected chi connectivity index (χ3v) is 6.67. The van der Waals surface area contributed by atoms with Gasteiger partial charge in [-0.3, -0.25) is 4.79 Å². The van der Waals surface area contributed by atoms with Crippen LogP contribution in [0.4, 0.5) is 11.8 Å². The van der Waals surface area contributed by atoms with Crippen molar-refractivity contribution in [2.75, 3.05) is 36.4 Å². The summed E-state index contributed by atoms with van der Waals surface area (Å²) < 4.78 is 0. The van der Waals surface area contributed by atoms with Gasteiger partial charge in [-0.1, -0.05) is 32.1 Å². The fourth-order valence-electron chi connectivity index (χ4n) is 4.98. The van der Waals surface area contributed by atoms with Gasteiger partial charge in [-0.15, -0.1) is 0 Å². The number of amides is 1. The summed E-state index contributed by atoms with van der Waals surface area (Å²) in [5, 5.41) is 3.56. The van der Waals surface area contributed by atoms with Gasteiger partial charge in [-0.05, 0) is 38.5 Å². The van der Waals surface area contributed by atoms with Gasteiger partial charge >= 0.3 is 0 Å². The van der Waals surface area contributed by atoms with Gasteiger partial charge in [-0.2, -0.15) is 4.98 Å². The van der Waals surface area contributed by atoms with Crippen molar-refractivity contribution in [3.63, 3.8) is 0 Å². The fraction of sp³-hybridized carbons (Fsp3) is 0.773. The molecule has 1 N–H and O–H groups in total. The molecule has 3 fully saturated rings. The minimum atomic E-state index is 0.352. The van der Waals surface area contributed by atoms with Crippen molar-refractivity contribution in [1.29, 1.82) is 0 Å². The van der Waals surface area contributed by atoms with Crippen molar-refractivity contribution < 1.29 is 4.79 Å². The molecular weight excluding hydrogens is 350 g/mol. The molecule has 2 saturated carbocycles. The predicted molar refractivity (Wildman–Crippen MR) is 113 cm³/mol. The van der Waals surface area contributed by atoms with Crippen LogP contribution in [0.15, 0.2) is 6.07 Å². The quantitative estimate of drug-likeness (QED) is 0.836. The van der Waals surface area contributed by atoms with Crippen LogP contribution in [0.5, 0.6) is 0 Å². The molecule has 0 unspecified atom stereocenters. The second-order valence-electron chi connectivity index (χ2n) is 8.89. The Morgan fingerprint density at radius 1 is 1.00 bits per heavy atom. The second kappa shape index (κ2) is 9.10. The lowest BCUT2D eigenvalue weighted by atomic mass is 9.96. The Bertz CT molecular complexity index is 659. The first kappa shape index (κ1) is 19.5. The number of carbonyl (C=O) groups is 1. The summed E-state index contributed by atoms with van der Waals surface area (Å²) in [6.07, 6.45) is 12.2. The van der Waals surface area contributed by atoms with E-state index in [9.17, 15) is 4.79 Å². The van der Waals surface area contributed by atoms with E-state index in [-0.39, 0.29) is 0 Å². The molecule has 0 spiro atoms. The van der Waals surface area contributed by atoms with Gasteiger partial charge in [-0.25, -0.2) is 4.98 Å². The van der Waals surface area contributed by atoms with Gasteiger partial charge in [0.2, 0.25) is 11.9 Å². The fourth-order valence-corrected chi connectivity index (χ4v) is 4.98. The van der Waals surface area contributed by atoms with Crippen LogP contribution in [-0.2, 0) is 4.79 Å². The highest BCUT2D eigenvalue weighted by Crippen LogP contribution is 2.28. The van der Waals surface area contributed by atoms with Crippen molar-refractivity contribution in [2.45, 2.75) is 77.2 Å². The highest BCUT2D eigenvalue weighted by molar-refractivity contribution is 5.76. The van der Waals surface area contributed by atoms with E-state index >= 15 is 0 Å². The van der Waals surface area contributed by atoms with Gasteiger partial charge in [0.15, 0.2) is 0 Å². The summed E-state index contributed by atoms with van der Waals surface area (Å²) in [6, 6.07) is 2.58. The summed E-state index contributed by atoms with van der Waals surface area (Å²) in [6.45, 7) is 5.37. The molecular formula is C22H35N5O. The standard InChI is InChI=1S/C22H35N5O/c1-17-15-20(25-22(23-17)24-19-9-3-2-4-10-19)26-11-13-27(14-12-26)21(28)16-18-7-5-6-8-18/h15,18-19H,2-14,16H2,1H3,(H,23,24,25). The van der Waals surface area contributed by atoms with Gasteiger partial charge in [0.25, 0.3) is 0 Å². The maximum Gasteiger partial charge on any atom is 0.225 e. The molecule has 28 heavy (non-hydrogen) atoms. The molecule has 6 nitrogen and oxygen atoms in total. The van der Waals surface area contributed by atoms with E-state index < -0.39 is 0 Å². The highest BCUT2D eigenvalue weighted by atomic mass is 16.2. The van der Waals surface area contributed by atoms with E-state index in [1.54, 1.807) is 0 Å². The number of aryl methyl sites for hydroxylation is 1. The first-order valence-corrected chi connectivity index (χ1v) is 11.3. The zero-order valence-corrected chi connectivity index (χ0v) is 17.3. The summed E-state index contributed by atoms with van der Waals surface area (Å²) in [5.74, 6) is 2.74. The molecule has 154 valence electrons. The summed E-state index contributed by atoms with van der Waals surface area (Å²) >= 11 is 0. The van der Waals surface area contributed by atoms with Crippen molar-refractivity contribution in [1.82, 2.24) is 14.9 Å². The highest BCUT2D eigenvalue weighted by Gasteiger charge is 2.26. The van der Waals surface area contributed by atoms with Crippen molar-refractivity contribution in [2.24, 2.45) is 5.92 Å². The number of hydrogen-bond acceptors (Lipinski definition) is 5. The number of rotatable bonds is 5. The number of hydrogen-bond donors (Lipinski definition) is 1. The maximum atomic E-state index is 12.6. The Balaban J connectivity index is 1.32. The molecule has 0 aromatic carbocycles. The third-order valence-electron chi connectivity index (χ3n) is 6.67. The van der Waals surface area contributed by atoms with E-state index in [0.717, 1.165) is 50.1 Å². The molecule has 1 saturated heterocycles. The molecule has 0 radical (unpaired) electrons. The Morgan fingerprint density at radius 3 is 2.39 bits per heavy atom. The van der Waals surface area contributed by atoms with Gasteiger partial charge in [0.1, 0.15) is 5.82 Å². The molecule has 0 bridgehead atoms. The number of carbonyl (C=O) groups excluding carboxylic acids is 1. The average Bonchev–Trinajstić information content (AvgIpc) is 3.21. The first-order chi connectivity index (χ1) is 13.7. The molecule has 1 amide bonds. The first-order valence-electron chi connectivity index (χ1n) is 11.3. The predicted octanol–water partition coefficient (Wildman–Crippen LogP) is 3.76. The summed E-state index contributed by atoms with van der Waals surface area (Å²) in [4.78, 5) is 26.4. The van der Waals surface area contributed by atoms with Gasteiger partial charge < -0.3 is 15.1 Å². The van der Waals surface area contributed by atoms with Crippen LogP contribution in [0.1, 0.15) is 69.9 Å². The van der Waals surface area contributed by atoms with E-state index in [4.69, 9.17) is 4.98 Å². The molecule has 0 atom stereocenters. The Labute approximate surface area is 169 Å². The smallest absolute Gasteiger partial charge is 0.225 e. The largest absolute Gasteiger partial charge is 0.353 e. The molecule has 3 aliphatic rings. The molecule has 2 heterocycles. The lowest BCUT2D eigenvalue weighted by Crippen LogP contribution is -2.49. The SMILES string of the molecule is Cc1cc(N2CCN(C(=O)CC3CCCC3)CC2)nc(NC2CCCCC2)n1. The summed E-state index contributed by atoms with van der Waals surface area (Å²) in [7, 11) is 0. The van der Waals surface area contributed by atoms with Gasteiger partial charge in [0.05, 0.1) is 0 Å². The zero-order valence-electron chi connectivity index (χ0n) is 17.3. The van der Waals surface area contributed by atoms with E-state index in [2.05, 4.69) is 26.2 Å². The van der Waals surface area contributed by atoms with Crippen LogP contribution in [-0.4, -0.2) is 53.0 Å². The number of nitrogens with one attached hydrogen (secondary N) is 1. The minimum Gasteiger partial charge on any atom is -0.353 e. The third kappa shape index (κ3) is 4.95. The molecule has 6 heteroatoms.